The lowest BCUT2D eigenvalue weighted by Gasteiger charge is -2.08. The summed E-state index contributed by atoms with van der Waals surface area (Å²) in [5, 5.41) is 12.3. The number of para-hydroxylation sites is 2. The molecule has 0 saturated heterocycles. The van der Waals surface area contributed by atoms with Gasteiger partial charge in [-0.25, -0.2) is 4.39 Å². The average molecular weight is 203 g/mol. The van der Waals surface area contributed by atoms with E-state index in [-0.39, 0.29) is 5.75 Å². The zero-order valence-corrected chi connectivity index (χ0v) is 7.94. The summed E-state index contributed by atoms with van der Waals surface area (Å²) in [6.07, 6.45) is 0. The van der Waals surface area contributed by atoms with E-state index in [1.165, 1.54) is 6.07 Å². The summed E-state index contributed by atoms with van der Waals surface area (Å²) < 4.78 is 13.0. The Balaban J connectivity index is 2.29. The molecule has 2 N–H and O–H groups in total. The van der Waals surface area contributed by atoms with Crippen molar-refractivity contribution >= 4 is 11.4 Å². The summed E-state index contributed by atoms with van der Waals surface area (Å²) in [5.74, 6) is -0.989. The minimum Gasteiger partial charge on any atom is -0.503 e. The Hall–Kier alpha value is -2.03. The number of rotatable bonds is 2. The molecule has 0 atom stereocenters. The number of hydrogen-bond donors (Lipinski definition) is 2. The van der Waals surface area contributed by atoms with Gasteiger partial charge >= 0.3 is 0 Å². The van der Waals surface area contributed by atoms with Crippen LogP contribution in [0.1, 0.15) is 0 Å². The number of benzene rings is 2. The molecule has 0 aliphatic carbocycles. The van der Waals surface area contributed by atoms with Gasteiger partial charge in [0.2, 0.25) is 0 Å². The van der Waals surface area contributed by atoms with Gasteiger partial charge in [-0.1, -0.05) is 24.3 Å². The van der Waals surface area contributed by atoms with Gasteiger partial charge in [0.1, 0.15) is 0 Å². The Kier molecular flexibility index (Phi) is 2.54. The van der Waals surface area contributed by atoms with Crippen LogP contribution in [0.15, 0.2) is 48.5 Å². The van der Waals surface area contributed by atoms with Crippen LogP contribution >= 0.6 is 0 Å². The molecule has 2 rings (SSSR count). The number of anilines is 2. The van der Waals surface area contributed by atoms with Gasteiger partial charge in [-0.2, -0.15) is 0 Å². The maximum Gasteiger partial charge on any atom is 0.175 e. The molecule has 3 heteroatoms. The van der Waals surface area contributed by atoms with Crippen molar-refractivity contribution in [2.75, 3.05) is 5.32 Å². The molecule has 0 radical (unpaired) electrons. The molecule has 0 spiro atoms. The van der Waals surface area contributed by atoms with Gasteiger partial charge in [-0.05, 0) is 24.3 Å². The van der Waals surface area contributed by atoms with Crippen LogP contribution in [0.4, 0.5) is 15.8 Å². The summed E-state index contributed by atoms with van der Waals surface area (Å²) >= 11 is 0. The zero-order chi connectivity index (χ0) is 10.7. The molecule has 0 bridgehead atoms. The smallest absolute Gasteiger partial charge is 0.175 e. The molecule has 2 nitrogen and oxygen atoms in total. The molecule has 0 unspecified atom stereocenters. The van der Waals surface area contributed by atoms with Gasteiger partial charge in [-0.3, -0.25) is 0 Å². The highest BCUT2D eigenvalue weighted by Gasteiger charge is 2.05. The van der Waals surface area contributed by atoms with E-state index in [9.17, 15) is 9.50 Å². The third-order valence-corrected chi connectivity index (χ3v) is 2.04. The summed E-state index contributed by atoms with van der Waals surface area (Å²) in [4.78, 5) is 0. The van der Waals surface area contributed by atoms with Crippen LogP contribution < -0.4 is 5.32 Å². The van der Waals surface area contributed by atoms with E-state index >= 15 is 0 Å². The Morgan fingerprint density at radius 1 is 0.933 bits per heavy atom. The van der Waals surface area contributed by atoms with Crippen molar-refractivity contribution in [3.63, 3.8) is 0 Å². The molecule has 76 valence electrons. The Labute approximate surface area is 87.0 Å². The van der Waals surface area contributed by atoms with Crippen molar-refractivity contribution in [1.82, 2.24) is 0 Å². The first-order valence-corrected chi connectivity index (χ1v) is 4.57. The number of phenols is 1. The van der Waals surface area contributed by atoms with Crippen LogP contribution in [-0.2, 0) is 0 Å². The Morgan fingerprint density at radius 3 is 2.40 bits per heavy atom. The van der Waals surface area contributed by atoms with Crippen LogP contribution in [0.25, 0.3) is 0 Å². The van der Waals surface area contributed by atoms with Crippen LogP contribution in [0.3, 0.4) is 0 Å². The number of aromatic hydroxyl groups is 1. The van der Waals surface area contributed by atoms with Crippen LogP contribution in [-0.4, -0.2) is 5.11 Å². The fourth-order valence-corrected chi connectivity index (χ4v) is 1.29. The monoisotopic (exact) mass is 203 g/mol. The molecule has 0 aliphatic rings. The van der Waals surface area contributed by atoms with E-state index in [1.807, 2.05) is 30.3 Å². The minimum absolute atomic E-state index is 0.360. The van der Waals surface area contributed by atoms with Gasteiger partial charge < -0.3 is 10.4 Å². The van der Waals surface area contributed by atoms with Gasteiger partial charge in [0, 0.05) is 5.69 Å². The van der Waals surface area contributed by atoms with Crippen LogP contribution in [0.2, 0.25) is 0 Å². The lowest BCUT2D eigenvalue weighted by atomic mass is 10.2. The van der Waals surface area contributed by atoms with Gasteiger partial charge in [0.05, 0.1) is 5.69 Å². The van der Waals surface area contributed by atoms with E-state index < -0.39 is 5.82 Å². The molecule has 2 aromatic rings. The van der Waals surface area contributed by atoms with Crippen molar-refractivity contribution in [3.05, 3.63) is 54.3 Å². The topological polar surface area (TPSA) is 32.3 Å². The van der Waals surface area contributed by atoms with Crippen molar-refractivity contribution < 1.29 is 9.50 Å². The van der Waals surface area contributed by atoms with Crippen molar-refractivity contribution in [1.29, 1.82) is 0 Å². The maximum atomic E-state index is 13.0. The number of halogens is 1. The maximum absolute atomic E-state index is 13.0. The normalized spacial score (nSPS) is 9.93. The first-order chi connectivity index (χ1) is 7.27. The minimum atomic E-state index is -0.629. The predicted molar refractivity (Wildman–Crippen MR) is 57.8 cm³/mol. The average Bonchev–Trinajstić information content (AvgIpc) is 2.26. The summed E-state index contributed by atoms with van der Waals surface area (Å²) in [7, 11) is 0. The highest BCUT2D eigenvalue weighted by atomic mass is 19.1. The van der Waals surface area contributed by atoms with Crippen molar-refractivity contribution in [2.24, 2.45) is 0 Å². The lowest BCUT2D eigenvalue weighted by molar-refractivity contribution is 0.435. The number of hydrogen-bond acceptors (Lipinski definition) is 2. The van der Waals surface area contributed by atoms with E-state index in [0.29, 0.717) is 5.69 Å². The Morgan fingerprint density at radius 2 is 1.67 bits per heavy atom. The largest absolute Gasteiger partial charge is 0.503 e. The van der Waals surface area contributed by atoms with Crippen LogP contribution in [0, 0.1) is 5.82 Å². The lowest BCUT2D eigenvalue weighted by Crippen LogP contribution is -1.91. The summed E-state index contributed by atoms with van der Waals surface area (Å²) in [5.41, 5.74) is 1.17. The first-order valence-electron chi connectivity index (χ1n) is 4.57. The molecular formula is C12H10FNO. The second kappa shape index (κ2) is 4.00. The van der Waals surface area contributed by atoms with Gasteiger partial charge in [0.15, 0.2) is 11.6 Å². The van der Waals surface area contributed by atoms with Crippen molar-refractivity contribution in [2.45, 2.75) is 0 Å². The second-order valence-corrected chi connectivity index (χ2v) is 3.13. The molecule has 0 saturated carbocycles. The Bertz CT molecular complexity index is 456. The molecule has 15 heavy (non-hydrogen) atoms. The fourth-order valence-electron chi connectivity index (χ4n) is 1.29. The molecule has 0 amide bonds. The fraction of sp³-hybridized carbons (Fsp3) is 0. The second-order valence-electron chi connectivity index (χ2n) is 3.13. The van der Waals surface area contributed by atoms with E-state index in [0.717, 1.165) is 5.69 Å². The highest BCUT2D eigenvalue weighted by Crippen LogP contribution is 2.28. The zero-order valence-electron chi connectivity index (χ0n) is 7.94. The predicted octanol–water partition coefficient (Wildman–Crippen LogP) is 3.27. The number of nitrogens with one attached hydrogen (secondary N) is 1. The van der Waals surface area contributed by atoms with E-state index in [4.69, 9.17) is 0 Å². The molecule has 0 fully saturated rings. The molecule has 0 heterocycles. The van der Waals surface area contributed by atoms with Crippen LogP contribution in [0.5, 0.6) is 5.75 Å². The third-order valence-electron chi connectivity index (χ3n) is 2.04. The highest BCUT2D eigenvalue weighted by molar-refractivity contribution is 5.65. The standard InChI is InChI=1S/C12H10FNO/c13-10-7-4-8-11(12(10)15)14-9-5-2-1-3-6-9/h1-8,14-15H. The number of phenolic OH excluding ortho intramolecular Hbond substituents is 1. The van der Waals surface area contributed by atoms with E-state index in [1.54, 1.807) is 12.1 Å². The summed E-state index contributed by atoms with van der Waals surface area (Å²) in [6.45, 7) is 0. The van der Waals surface area contributed by atoms with Gasteiger partial charge in [0.25, 0.3) is 0 Å². The molecule has 0 aliphatic heterocycles. The first kappa shape index (κ1) is 9.52. The van der Waals surface area contributed by atoms with E-state index in [2.05, 4.69) is 5.32 Å². The molecule has 0 aromatic heterocycles. The van der Waals surface area contributed by atoms with Gasteiger partial charge in [-0.15, -0.1) is 0 Å². The van der Waals surface area contributed by atoms with Crippen molar-refractivity contribution in [3.8, 4) is 5.75 Å². The summed E-state index contributed by atoms with van der Waals surface area (Å²) in [6, 6.07) is 13.7. The SMILES string of the molecule is Oc1c(F)cccc1Nc1ccccc1. The third kappa shape index (κ3) is 2.07. The molecule has 2 aromatic carbocycles. The quantitative estimate of drug-likeness (QED) is 0.734. The molecular weight excluding hydrogens is 193 g/mol.